The Bertz CT molecular complexity index is 371. The minimum absolute atomic E-state index is 0.558. The number of halogens is 1. The normalized spacial score (nSPS) is 10.7. The number of hydrogen-bond donors (Lipinski definition) is 0. The molecule has 0 amide bonds. The first kappa shape index (κ1) is 16.3. The van der Waals surface area contributed by atoms with E-state index in [2.05, 4.69) is 30.0 Å². The molecule has 0 N–H and O–H groups in total. The van der Waals surface area contributed by atoms with E-state index in [1.807, 2.05) is 0 Å². The molecule has 0 aliphatic heterocycles. The van der Waals surface area contributed by atoms with E-state index in [4.69, 9.17) is 21.1 Å². The molecule has 19 heavy (non-hydrogen) atoms. The van der Waals surface area contributed by atoms with Crippen LogP contribution in [0.25, 0.3) is 0 Å². The van der Waals surface area contributed by atoms with Gasteiger partial charge in [-0.05, 0) is 30.5 Å². The van der Waals surface area contributed by atoms with E-state index in [1.54, 1.807) is 14.2 Å². The Morgan fingerprint density at radius 3 is 2.42 bits per heavy atom. The molecule has 3 nitrogen and oxygen atoms in total. The minimum Gasteiger partial charge on any atom is -0.385 e. The highest BCUT2D eigenvalue weighted by Crippen LogP contribution is 2.22. The Morgan fingerprint density at radius 2 is 1.84 bits per heavy atom. The summed E-state index contributed by atoms with van der Waals surface area (Å²) in [7, 11) is 3.47. The second-order valence-corrected chi connectivity index (χ2v) is 4.85. The molecular weight excluding hydrogens is 262 g/mol. The Hall–Kier alpha value is -0.770. The summed E-state index contributed by atoms with van der Waals surface area (Å²) < 4.78 is 10.3. The third-order valence-electron chi connectivity index (χ3n) is 3.10. The molecule has 4 heteroatoms. The third kappa shape index (κ3) is 5.39. The Labute approximate surface area is 121 Å². The first-order valence-corrected chi connectivity index (χ1v) is 7.14. The quantitative estimate of drug-likeness (QED) is 0.514. The van der Waals surface area contributed by atoms with Crippen molar-refractivity contribution in [2.75, 3.05) is 45.4 Å². The lowest BCUT2D eigenvalue weighted by Gasteiger charge is -2.26. The van der Waals surface area contributed by atoms with Crippen molar-refractivity contribution in [3.8, 4) is 0 Å². The number of ether oxygens (including phenoxy) is 2. The van der Waals surface area contributed by atoms with Crippen molar-refractivity contribution in [2.24, 2.45) is 0 Å². The van der Waals surface area contributed by atoms with Crippen LogP contribution in [0, 0.1) is 6.92 Å². The second-order valence-electron chi connectivity index (χ2n) is 4.58. The maximum Gasteiger partial charge on any atom is 0.0637 e. The number of methoxy groups -OCH3 is 2. The van der Waals surface area contributed by atoms with Gasteiger partial charge in [0.1, 0.15) is 0 Å². The van der Waals surface area contributed by atoms with E-state index in [-0.39, 0.29) is 0 Å². The second kappa shape index (κ2) is 9.18. The summed E-state index contributed by atoms with van der Waals surface area (Å²) in [5.74, 6) is 0.558. The molecule has 0 unspecified atom stereocenters. The van der Waals surface area contributed by atoms with E-state index in [9.17, 15) is 0 Å². The van der Waals surface area contributed by atoms with Crippen molar-refractivity contribution in [1.29, 1.82) is 0 Å². The molecule has 0 radical (unpaired) electrons. The summed E-state index contributed by atoms with van der Waals surface area (Å²) >= 11 is 5.87. The summed E-state index contributed by atoms with van der Waals surface area (Å²) in [5, 5.41) is 0. The number of alkyl halides is 1. The molecule has 0 saturated heterocycles. The topological polar surface area (TPSA) is 21.7 Å². The van der Waals surface area contributed by atoms with Crippen molar-refractivity contribution in [2.45, 2.75) is 19.2 Å². The zero-order valence-corrected chi connectivity index (χ0v) is 12.9. The van der Waals surface area contributed by atoms with Gasteiger partial charge in [0.2, 0.25) is 0 Å². The number of rotatable bonds is 9. The van der Waals surface area contributed by atoms with Gasteiger partial charge in [0.25, 0.3) is 0 Å². The van der Waals surface area contributed by atoms with Crippen LogP contribution < -0.4 is 4.90 Å². The molecule has 0 heterocycles. The summed E-state index contributed by atoms with van der Waals surface area (Å²) in [4.78, 5) is 2.34. The van der Waals surface area contributed by atoms with E-state index in [0.717, 1.165) is 38.3 Å². The molecule has 0 aliphatic carbocycles. The molecule has 0 bridgehead atoms. The molecule has 1 aromatic carbocycles. The molecule has 0 aromatic heterocycles. The Morgan fingerprint density at radius 1 is 1.11 bits per heavy atom. The van der Waals surface area contributed by atoms with Gasteiger partial charge >= 0.3 is 0 Å². The van der Waals surface area contributed by atoms with Gasteiger partial charge in [0, 0.05) is 45.5 Å². The smallest absolute Gasteiger partial charge is 0.0637 e. The number of anilines is 1. The average Bonchev–Trinajstić information content (AvgIpc) is 2.43. The van der Waals surface area contributed by atoms with E-state index in [0.29, 0.717) is 5.88 Å². The van der Waals surface area contributed by atoms with Gasteiger partial charge in [-0.25, -0.2) is 0 Å². The van der Waals surface area contributed by atoms with Gasteiger partial charge < -0.3 is 14.4 Å². The van der Waals surface area contributed by atoms with Crippen molar-refractivity contribution in [3.63, 3.8) is 0 Å². The van der Waals surface area contributed by atoms with Crippen LogP contribution in [-0.2, 0) is 15.4 Å². The SMILES string of the molecule is COCCCN(CCOC)c1ccc(CCl)cc1C. The Kier molecular flexibility index (Phi) is 7.87. The summed E-state index contributed by atoms with van der Waals surface area (Å²) in [5.41, 5.74) is 3.67. The molecule has 0 saturated carbocycles. The van der Waals surface area contributed by atoms with Crippen LogP contribution in [0.5, 0.6) is 0 Å². The van der Waals surface area contributed by atoms with E-state index in [1.165, 1.54) is 11.3 Å². The van der Waals surface area contributed by atoms with Crippen LogP contribution in [0.2, 0.25) is 0 Å². The van der Waals surface area contributed by atoms with Gasteiger partial charge in [-0.2, -0.15) is 0 Å². The summed E-state index contributed by atoms with van der Waals surface area (Å²) in [6.45, 7) is 5.49. The standard InChI is InChI=1S/C15H24ClNO2/c1-13-11-14(12-16)5-6-15(13)17(8-10-19-3)7-4-9-18-2/h5-6,11H,4,7-10,12H2,1-3H3. The third-order valence-corrected chi connectivity index (χ3v) is 3.41. The molecule has 0 aliphatic rings. The summed E-state index contributed by atoms with van der Waals surface area (Å²) in [6, 6.07) is 6.39. The molecule has 0 fully saturated rings. The number of aryl methyl sites for hydroxylation is 1. The predicted octanol–water partition coefficient (Wildman–Crippen LogP) is 3.22. The van der Waals surface area contributed by atoms with Crippen molar-refractivity contribution < 1.29 is 9.47 Å². The molecule has 1 aromatic rings. The fraction of sp³-hybridized carbons (Fsp3) is 0.600. The predicted molar refractivity (Wildman–Crippen MR) is 81.3 cm³/mol. The highest BCUT2D eigenvalue weighted by molar-refractivity contribution is 6.17. The maximum absolute atomic E-state index is 5.87. The lowest BCUT2D eigenvalue weighted by molar-refractivity contribution is 0.191. The van der Waals surface area contributed by atoms with E-state index >= 15 is 0 Å². The van der Waals surface area contributed by atoms with Crippen LogP contribution in [0.4, 0.5) is 5.69 Å². The van der Waals surface area contributed by atoms with Gasteiger partial charge in [0.15, 0.2) is 0 Å². The number of nitrogens with zero attached hydrogens (tertiary/aromatic N) is 1. The van der Waals surface area contributed by atoms with Gasteiger partial charge in [-0.3, -0.25) is 0 Å². The monoisotopic (exact) mass is 285 g/mol. The highest BCUT2D eigenvalue weighted by Gasteiger charge is 2.09. The van der Waals surface area contributed by atoms with Crippen LogP contribution in [0.1, 0.15) is 17.5 Å². The summed E-state index contributed by atoms with van der Waals surface area (Å²) in [6.07, 6.45) is 1.01. The zero-order valence-electron chi connectivity index (χ0n) is 12.1. The van der Waals surface area contributed by atoms with E-state index < -0.39 is 0 Å². The van der Waals surface area contributed by atoms with Gasteiger partial charge in [0.05, 0.1) is 6.61 Å². The molecule has 0 atom stereocenters. The van der Waals surface area contributed by atoms with Crippen LogP contribution in [-0.4, -0.2) is 40.5 Å². The Balaban J connectivity index is 2.77. The average molecular weight is 286 g/mol. The highest BCUT2D eigenvalue weighted by atomic mass is 35.5. The molecular formula is C15H24ClNO2. The fourth-order valence-electron chi connectivity index (χ4n) is 2.11. The van der Waals surface area contributed by atoms with Crippen molar-refractivity contribution in [3.05, 3.63) is 29.3 Å². The molecule has 0 spiro atoms. The van der Waals surface area contributed by atoms with Crippen molar-refractivity contribution in [1.82, 2.24) is 0 Å². The lowest BCUT2D eigenvalue weighted by atomic mass is 10.1. The van der Waals surface area contributed by atoms with Crippen molar-refractivity contribution >= 4 is 17.3 Å². The molecule has 108 valence electrons. The first-order chi connectivity index (χ1) is 9.22. The van der Waals surface area contributed by atoms with Gasteiger partial charge in [-0.15, -0.1) is 11.6 Å². The molecule has 1 rings (SSSR count). The maximum atomic E-state index is 5.87. The lowest BCUT2D eigenvalue weighted by Crippen LogP contribution is -2.29. The first-order valence-electron chi connectivity index (χ1n) is 6.61. The number of benzene rings is 1. The van der Waals surface area contributed by atoms with Crippen LogP contribution in [0.3, 0.4) is 0 Å². The van der Waals surface area contributed by atoms with Gasteiger partial charge in [-0.1, -0.05) is 12.1 Å². The van der Waals surface area contributed by atoms with Crippen LogP contribution in [0.15, 0.2) is 18.2 Å². The minimum atomic E-state index is 0.558. The zero-order chi connectivity index (χ0) is 14.1. The number of hydrogen-bond acceptors (Lipinski definition) is 3. The largest absolute Gasteiger partial charge is 0.385 e. The fourth-order valence-corrected chi connectivity index (χ4v) is 2.28. The van der Waals surface area contributed by atoms with Crippen LogP contribution >= 0.6 is 11.6 Å².